The van der Waals surface area contributed by atoms with E-state index in [9.17, 15) is 0 Å². The molecule has 0 atom stereocenters. The molecule has 5 rings (SSSR count). The van der Waals surface area contributed by atoms with Crippen LogP contribution in [-0.2, 0) is 38.5 Å². The fourth-order valence-electron chi connectivity index (χ4n) is 6.67. The van der Waals surface area contributed by atoms with Crippen molar-refractivity contribution in [1.82, 2.24) is 0 Å². The molecule has 0 aromatic heterocycles. The van der Waals surface area contributed by atoms with Gasteiger partial charge in [-0.05, 0) is 0 Å². The quantitative estimate of drug-likeness (QED) is 0.402. The van der Waals surface area contributed by atoms with Crippen LogP contribution in [0.3, 0.4) is 0 Å². The molecule has 0 amide bonds. The van der Waals surface area contributed by atoms with Gasteiger partial charge in [0.15, 0.2) is 0 Å². The van der Waals surface area contributed by atoms with Crippen molar-refractivity contribution in [3.63, 3.8) is 0 Å². The molecule has 2 aromatic rings. The van der Waals surface area contributed by atoms with Gasteiger partial charge in [-0.1, -0.05) is 0 Å². The Bertz CT molecular complexity index is 1330. The number of benzene rings is 2. The maximum Gasteiger partial charge on any atom is -1.00 e. The molecule has 39 heavy (non-hydrogen) atoms. The van der Waals surface area contributed by atoms with E-state index < -0.39 is 21.3 Å². The number of halogens is 2. The first kappa shape index (κ1) is 32.8. The van der Waals surface area contributed by atoms with Gasteiger partial charge in [0, 0.05) is 0 Å². The largest absolute Gasteiger partial charge is 1.00 e. The minimum atomic E-state index is -2.27. The first-order valence-corrected chi connectivity index (χ1v) is 18.4. The Hall–Kier alpha value is -0.747. The maximum atomic E-state index is 2.68. The number of allylic oxidation sites excluding steroid dienone is 4. The van der Waals surface area contributed by atoms with Crippen molar-refractivity contribution < 1.29 is 46.1 Å². The summed E-state index contributed by atoms with van der Waals surface area (Å²) >= 11 is -2.27. The minimum Gasteiger partial charge on any atom is -1.00 e. The van der Waals surface area contributed by atoms with Gasteiger partial charge in [-0.3, -0.25) is 0 Å². The standard InChI is InChI=1S/C21H25.C9H13.C6H10.2ClH.Zr/c1-20(2,3)16-7-9-18-14(12-16)11-15-13-17(21(4,5)6)8-10-19(15)18;1-9(2,3)8-6-4-5-7-8;1-2-4-6-5-3-1;;;/h7-10,12H,11H2,1-6H3;6-7H,4H2,1-3H3;1-5H2;2*1H;/q;;;;;+2/p-2. The third-order valence-electron chi connectivity index (χ3n) is 8.87. The molecule has 0 N–H and O–H groups in total. The van der Waals surface area contributed by atoms with Crippen LogP contribution in [-0.4, -0.2) is 3.21 Å². The number of rotatable bonds is 2. The molecule has 1 saturated carbocycles. The van der Waals surface area contributed by atoms with Crippen molar-refractivity contribution in [2.75, 3.05) is 0 Å². The van der Waals surface area contributed by atoms with E-state index in [1.807, 2.05) is 9.76 Å². The Labute approximate surface area is 259 Å². The third-order valence-corrected chi connectivity index (χ3v) is 16.9. The maximum absolute atomic E-state index is 2.68. The molecule has 0 saturated heterocycles. The van der Waals surface area contributed by atoms with Gasteiger partial charge in [-0.15, -0.1) is 0 Å². The summed E-state index contributed by atoms with van der Waals surface area (Å²) in [5.74, 6) is 0. The molecule has 3 aliphatic rings. The first-order valence-electron chi connectivity index (χ1n) is 14.7. The number of hydrogen-bond acceptors (Lipinski definition) is 0. The monoisotopic (exact) mass is 640 g/mol. The second-order valence-electron chi connectivity index (χ2n) is 14.9. The van der Waals surface area contributed by atoms with Crippen LogP contribution in [0.5, 0.6) is 0 Å². The molecular formula is C36H48Cl2Zr. The van der Waals surface area contributed by atoms with E-state index in [4.69, 9.17) is 0 Å². The molecule has 0 nitrogen and oxygen atoms in total. The summed E-state index contributed by atoms with van der Waals surface area (Å²) in [4.78, 5) is 0. The Morgan fingerprint density at radius 3 is 1.90 bits per heavy atom. The van der Waals surface area contributed by atoms with Crippen molar-refractivity contribution in [1.29, 1.82) is 0 Å². The van der Waals surface area contributed by atoms with Crippen molar-refractivity contribution >= 4 is 6.48 Å². The van der Waals surface area contributed by atoms with Gasteiger partial charge >= 0.3 is 236 Å². The van der Waals surface area contributed by atoms with Crippen molar-refractivity contribution in [2.24, 2.45) is 5.41 Å². The molecule has 1 fully saturated rings. The Morgan fingerprint density at radius 1 is 0.692 bits per heavy atom. The Balaban J connectivity index is 0.00000210. The van der Waals surface area contributed by atoms with E-state index in [1.165, 1.54) is 55.2 Å². The minimum absolute atomic E-state index is 0. The van der Waals surface area contributed by atoms with Crippen LogP contribution in [0.25, 0.3) is 11.1 Å². The molecule has 0 spiro atoms. The second-order valence-corrected chi connectivity index (χ2v) is 21.3. The van der Waals surface area contributed by atoms with Gasteiger partial charge in [-0.2, -0.15) is 0 Å². The van der Waals surface area contributed by atoms with Crippen LogP contribution < -0.4 is 28.1 Å². The smallest absolute Gasteiger partial charge is 1.00 e. The van der Waals surface area contributed by atoms with Crippen molar-refractivity contribution in [2.45, 2.75) is 118 Å². The van der Waals surface area contributed by atoms with Gasteiger partial charge in [0.1, 0.15) is 0 Å². The molecule has 2 aromatic carbocycles. The predicted octanol–water partition coefficient (Wildman–Crippen LogP) is 3.50. The van der Waals surface area contributed by atoms with Crippen LogP contribution in [0.1, 0.15) is 123 Å². The van der Waals surface area contributed by atoms with Gasteiger partial charge in [0.25, 0.3) is 0 Å². The van der Waals surface area contributed by atoms with E-state index in [-0.39, 0.29) is 41.1 Å². The van der Waals surface area contributed by atoms with Crippen LogP contribution in [0.15, 0.2) is 51.3 Å². The summed E-state index contributed by atoms with van der Waals surface area (Å²) in [6.07, 6.45) is 14.6. The Morgan fingerprint density at radius 2 is 1.33 bits per heavy atom. The molecular weight excluding hydrogens is 595 g/mol. The molecule has 210 valence electrons. The summed E-state index contributed by atoms with van der Waals surface area (Å²) < 4.78 is 5.69. The summed E-state index contributed by atoms with van der Waals surface area (Å²) in [5, 5.41) is 0. The SMILES string of the molecule is CC(C)(C)C1=CC[C]([Zr+2](=[C]2CCCCC2)[c]2c(C(C)(C)C)ccc3c2Cc2cc(C(C)(C)C)ccc2-3)=C1.[Cl-].[Cl-]. The normalized spacial score (nSPS) is 16.8. The fourth-order valence-corrected chi connectivity index (χ4v) is 16.1. The zero-order chi connectivity index (χ0) is 26.8. The van der Waals surface area contributed by atoms with Gasteiger partial charge in [-0.25, -0.2) is 0 Å². The van der Waals surface area contributed by atoms with E-state index in [0.717, 1.165) is 6.42 Å². The molecule has 0 aliphatic heterocycles. The third kappa shape index (κ3) is 6.52. The van der Waals surface area contributed by atoms with Gasteiger partial charge in [0.2, 0.25) is 0 Å². The number of fused-ring (bicyclic) bond motifs is 3. The molecule has 0 unspecified atom stereocenters. The van der Waals surface area contributed by atoms with E-state index in [0.29, 0.717) is 0 Å². The van der Waals surface area contributed by atoms with Crippen LogP contribution in [0, 0.1) is 5.41 Å². The zero-order valence-corrected chi connectivity index (χ0v) is 29.7. The van der Waals surface area contributed by atoms with Crippen LogP contribution >= 0.6 is 0 Å². The predicted molar refractivity (Wildman–Crippen MR) is 160 cm³/mol. The molecule has 3 heteroatoms. The molecule has 0 radical (unpaired) electrons. The van der Waals surface area contributed by atoms with E-state index in [2.05, 4.69) is 105 Å². The average molecular weight is 643 g/mol. The molecule has 0 bridgehead atoms. The molecule has 0 heterocycles. The second kappa shape index (κ2) is 11.9. The zero-order valence-electron chi connectivity index (χ0n) is 25.7. The summed E-state index contributed by atoms with van der Waals surface area (Å²) in [6.45, 7) is 21.6. The fraction of sp³-hybridized carbons (Fsp3) is 0.528. The van der Waals surface area contributed by atoms with Crippen LogP contribution in [0.4, 0.5) is 0 Å². The van der Waals surface area contributed by atoms with E-state index >= 15 is 0 Å². The van der Waals surface area contributed by atoms with Crippen LogP contribution in [0.2, 0.25) is 0 Å². The van der Waals surface area contributed by atoms with Gasteiger partial charge in [0.05, 0.1) is 0 Å². The average Bonchev–Trinajstić information content (AvgIpc) is 3.44. The van der Waals surface area contributed by atoms with Crippen molar-refractivity contribution in [3.05, 3.63) is 73.6 Å². The summed E-state index contributed by atoms with van der Waals surface area (Å²) in [6, 6.07) is 12.4. The first-order chi connectivity index (χ1) is 17.2. The summed E-state index contributed by atoms with van der Waals surface area (Å²) in [7, 11) is 0. The topological polar surface area (TPSA) is 0 Å². The van der Waals surface area contributed by atoms with Crippen molar-refractivity contribution in [3.8, 4) is 11.1 Å². The van der Waals surface area contributed by atoms with Gasteiger partial charge < -0.3 is 24.8 Å². The van der Waals surface area contributed by atoms with E-state index in [1.54, 1.807) is 22.3 Å². The number of hydrogen-bond donors (Lipinski definition) is 0. The molecule has 3 aliphatic carbocycles. The Kier molecular flexibility index (Phi) is 9.96. The summed E-state index contributed by atoms with van der Waals surface area (Å²) in [5.41, 5.74) is 11.6.